The van der Waals surface area contributed by atoms with E-state index in [2.05, 4.69) is 28.6 Å². The van der Waals surface area contributed by atoms with Crippen molar-refractivity contribution in [2.45, 2.75) is 26.8 Å². The van der Waals surface area contributed by atoms with Crippen molar-refractivity contribution in [2.75, 3.05) is 0 Å². The van der Waals surface area contributed by atoms with E-state index in [1.54, 1.807) is 36.4 Å². The van der Waals surface area contributed by atoms with E-state index in [9.17, 15) is 9.59 Å². The minimum atomic E-state index is -0.315. The molecule has 1 atom stereocenters. The van der Waals surface area contributed by atoms with Crippen molar-refractivity contribution >= 4 is 16.7 Å². The summed E-state index contributed by atoms with van der Waals surface area (Å²) in [4.78, 5) is 26.2. The van der Waals surface area contributed by atoms with E-state index in [4.69, 9.17) is 0 Å². The average molecular weight is 397 g/mol. The van der Waals surface area contributed by atoms with Crippen LogP contribution in [0.5, 0.6) is 0 Å². The first kappa shape index (κ1) is 19.6. The summed E-state index contributed by atoms with van der Waals surface area (Å²) in [5.74, 6) is -0.315. The molecule has 0 saturated heterocycles. The molecule has 0 bridgehead atoms. The molecule has 1 N–H and O–H groups in total. The number of fused-ring (bicyclic) bond motifs is 1. The molecule has 5 nitrogen and oxygen atoms in total. The minimum absolute atomic E-state index is 0.199. The van der Waals surface area contributed by atoms with Crippen LogP contribution in [0.25, 0.3) is 16.5 Å². The third kappa shape index (κ3) is 3.62. The first-order valence-corrected chi connectivity index (χ1v) is 9.91. The van der Waals surface area contributed by atoms with E-state index in [0.717, 1.165) is 16.7 Å². The molecule has 4 aromatic rings. The lowest BCUT2D eigenvalue weighted by Crippen LogP contribution is -2.31. The summed E-state index contributed by atoms with van der Waals surface area (Å²) in [7, 11) is 0. The number of aryl methyl sites for hydroxylation is 2. The van der Waals surface area contributed by atoms with Crippen LogP contribution >= 0.6 is 0 Å². The number of para-hydroxylation sites is 1. The number of nitrogens with one attached hydrogen (secondary N) is 1. The van der Waals surface area contributed by atoms with Crippen molar-refractivity contribution in [3.63, 3.8) is 0 Å². The Bertz CT molecular complexity index is 1290. The highest BCUT2D eigenvalue weighted by Crippen LogP contribution is 2.21. The van der Waals surface area contributed by atoms with Gasteiger partial charge in [-0.3, -0.25) is 9.59 Å². The maximum atomic E-state index is 13.2. The molecule has 0 fully saturated rings. The Morgan fingerprint density at radius 3 is 2.33 bits per heavy atom. The van der Waals surface area contributed by atoms with E-state index in [0.29, 0.717) is 16.5 Å². The maximum absolute atomic E-state index is 13.2. The van der Waals surface area contributed by atoms with Gasteiger partial charge in [0.15, 0.2) is 5.69 Å². The highest BCUT2D eigenvalue weighted by Gasteiger charge is 2.20. The maximum Gasteiger partial charge on any atom is 0.279 e. The highest BCUT2D eigenvalue weighted by molar-refractivity contribution is 6.05. The van der Waals surface area contributed by atoms with Gasteiger partial charge in [0.1, 0.15) is 0 Å². The fraction of sp³-hybridized carbons (Fsp3) is 0.160. The van der Waals surface area contributed by atoms with Crippen LogP contribution in [0.3, 0.4) is 0 Å². The molecule has 0 radical (unpaired) electrons. The van der Waals surface area contributed by atoms with Crippen LogP contribution in [0, 0.1) is 13.8 Å². The summed E-state index contributed by atoms with van der Waals surface area (Å²) in [6, 6.07) is 22.2. The smallest absolute Gasteiger partial charge is 0.279 e. The van der Waals surface area contributed by atoms with Gasteiger partial charge in [-0.2, -0.15) is 9.78 Å². The molecular formula is C25H23N3O2. The lowest BCUT2D eigenvalue weighted by Gasteiger charge is -2.18. The van der Waals surface area contributed by atoms with Crippen LogP contribution in [0.2, 0.25) is 0 Å². The summed E-state index contributed by atoms with van der Waals surface area (Å²) in [6.07, 6.45) is 0. The quantitative estimate of drug-likeness (QED) is 0.552. The van der Waals surface area contributed by atoms with E-state index in [1.807, 2.05) is 39.0 Å². The highest BCUT2D eigenvalue weighted by atomic mass is 16.2. The first-order chi connectivity index (χ1) is 14.5. The molecule has 3 aromatic carbocycles. The topological polar surface area (TPSA) is 64.0 Å². The number of carbonyl (C=O) groups excluding carboxylic acids is 1. The molecule has 0 aliphatic rings. The zero-order valence-electron chi connectivity index (χ0n) is 17.2. The fourth-order valence-corrected chi connectivity index (χ4v) is 3.67. The summed E-state index contributed by atoms with van der Waals surface area (Å²) in [5.41, 5.74) is 3.90. The molecule has 0 spiro atoms. The number of hydrogen-bond donors (Lipinski definition) is 1. The Morgan fingerprint density at radius 1 is 0.933 bits per heavy atom. The second kappa shape index (κ2) is 7.95. The van der Waals surface area contributed by atoms with Gasteiger partial charge in [0.25, 0.3) is 11.5 Å². The minimum Gasteiger partial charge on any atom is -0.344 e. The van der Waals surface area contributed by atoms with Gasteiger partial charge in [-0.1, -0.05) is 60.2 Å². The number of hydrogen-bond acceptors (Lipinski definition) is 3. The molecule has 1 aromatic heterocycles. The molecular weight excluding hydrogens is 374 g/mol. The van der Waals surface area contributed by atoms with Crippen LogP contribution in [-0.4, -0.2) is 15.7 Å². The zero-order valence-corrected chi connectivity index (χ0v) is 17.2. The number of aromatic nitrogens is 2. The molecule has 1 amide bonds. The second-order valence-corrected chi connectivity index (χ2v) is 7.50. The Morgan fingerprint density at radius 2 is 1.60 bits per heavy atom. The lowest BCUT2D eigenvalue weighted by molar-refractivity contribution is 0.0935. The third-order valence-electron chi connectivity index (χ3n) is 5.27. The Kier molecular flexibility index (Phi) is 5.19. The molecule has 150 valence electrons. The number of amides is 1. The first-order valence-electron chi connectivity index (χ1n) is 9.91. The van der Waals surface area contributed by atoms with Crippen molar-refractivity contribution < 1.29 is 4.79 Å². The summed E-state index contributed by atoms with van der Waals surface area (Å²) >= 11 is 0. The molecule has 1 heterocycles. The van der Waals surface area contributed by atoms with Crippen molar-refractivity contribution in [2.24, 2.45) is 0 Å². The molecule has 0 saturated carbocycles. The van der Waals surface area contributed by atoms with Crippen molar-refractivity contribution in [1.29, 1.82) is 0 Å². The molecule has 0 aliphatic heterocycles. The van der Waals surface area contributed by atoms with Crippen molar-refractivity contribution in [1.82, 2.24) is 15.1 Å². The van der Waals surface area contributed by atoms with Gasteiger partial charge < -0.3 is 5.32 Å². The SMILES string of the molecule is Cc1ccc(C)c(C(C)NC(=O)c2nn(-c3ccccc3)c(=O)c3ccccc23)c1. The van der Waals surface area contributed by atoms with Crippen LogP contribution in [-0.2, 0) is 0 Å². The summed E-state index contributed by atoms with van der Waals surface area (Å²) < 4.78 is 1.29. The van der Waals surface area contributed by atoms with Gasteiger partial charge in [-0.15, -0.1) is 0 Å². The molecule has 30 heavy (non-hydrogen) atoms. The predicted octanol–water partition coefficient (Wildman–Crippen LogP) is 4.49. The largest absolute Gasteiger partial charge is 0.344 e. The number of nitrogens with zero attached hydrogens (tertiary/aromatic N) is 2. The molecule has 0 aliphatic carbocycles. The van der Waals surface area contributed by atoms with E-state index in [-0.39, 0.29) is 23.2 Å². The lowest BCUT2D eigenvalue weighted by atomic mass is 10.00. The molecule has 1 unspecified atom stereocenters. The number of rotatable bonds is 4. The predicted molar refractivity (Wildman–Crippen MR) is 119 cm³/mol. The van der Waals surface area contributed by atoms with E-state index >= 15 is 0 Å². The van der Waals surface area contributed by atoms with Gasteiger partial charge in [0, 0.05) is 5.39 Å². The third-order valence-corrected chi connectivity index (χ3v) is 5.27. The van der Waals surface area contributed by atoms with Gasteiger partial charge in [-0.25, -0.2) is 0 Å². The second-order valence-electron chi connectivity index (χ2n) is 7.50. The monoisotopic (exact) mass is 397 g/mol. The standard InChI is InChI=1S/C25H23N3O2/c1-16-13-14-17(2)22(15-16)18(3)26-24(29)23-20-11-7-8-12-21(20)25(30)28(27-23)19-9-5-4-6-10-19/h4-15,18H,1-3H3,(H,26,29). The van der Waals surface area contributed by atoms with Crippen molar-refractivity contribution in [3.05, 3.63) is 106 Å². The zero-order chi connectivity index (χ0) is 21.3. The Labute approximate surface area is 175 Å². The average Bonchev–Trinajstić information content (AvgIpc) is 2.76. The molecule has 4 rings (SSSR count). The number of benzene rings is 3. The summed E-state index contributed by atoms with van der Waals surface area (Å²) in [6.45, 7) is 6.01. The summed E-state index contributed by atoms with van der Waals surface area (Å²) in [5, 5.41) is 8.50. The van der Waals surface area contributed by atoms with Gasteiger partial charge in [0.05, 0.1) is 17.1 Å². The van der Waals surface area contributed by atoms with Crippen LogP contribution in [0.1, 0.15) is 40.1 Å². The van der Waals surface area contributed by atoms with Gasteiger partial charge >= 0.3 is 0 Å². The molecule has 5 heteroatoms. The van der Waals surface area contributed by atoms with Crippen LogP contribution in [0.4, 0.5) is 0 Å². The van der Waals surface area contributed by atoms with Gasteiger partial charge in [0.2, 0.25) is 0 Å². The van der Waals surface area contributed by atoms with E-state index < -0.39 is 0 Å². The van der Waals surface area contributed by atoms with Crippen molar-refractivity contribution in [3.8, 4) is 5.69 Å². The fourth-order valence-electron chi connectivity index (χ4n) is 3.67. The Balaban J connectivity index is 1.80. The van der Waals surface area contributed by atoms with E-state index in [1.165, 1.54) is 4.68 Å². The Hall–Kier alpha value is -3.73. The van der Waals surface area contributed by atoms with Crippen LogP contribution in [0.15, 0.2) is 77.6 Å². The van der Waals surface area contributed by atoms with Gasteiger partial charge in [-0.05, 0) is 50.1 Å². The van der Waals surface area contributed by atoms with Crippen LogP contribution < -0.4 is 10.9 Å². The normalized spacial score (nSPS) is 12.0. The number of carbonyl (C=O) groups is 1.